The molecule has 0 spiro atoms. The molecule has 200 valence electrons. The fourth-order valence-corrected chi connectivity index (χ4v) is 4.38. The Kier molecular flexibility index (Phi) is 8.23. The highest BCUT2D eigenvalue weighted by Gasteiger charge is 2.11. The first-order valence-corrected chi connectivity index (χ1v) is 12.8. The first-order chi connectivity index (χ1) is 19.5. The minimum Gasteiger partial charge on any atom is -0.497 e. The molecule has 8 heteroatoms. The molecule has 0 aliphatic heterocycles. The molecule has 0 saturated carbocycles. The average molecular weight is 552 g/mol. The third-order valence-electron chi connectivity index (χ3n) is 6.21. The highest BCUT2D eigenvalue weighted by atomic mass is 35.5. The molecule has 1 heterocycles. The number of fused-ring (bicyclic) bond motifs is 1. The number of hydrogen-bond donors (Lipinski definition) is 1. The zero-order valence-corrected chi connectivity index (χ0v) is 22.7. The van der Waals surface area contributed by atoms with E-state index in [0.717, 1.165) is 33.3 Å². The van der Waals surface area contributed by atoms with E-state index in [1.165, 1.54) is 6.21 Å². The maximum absolute atomic E-state index is 12.3. The zero-order chi connectivity index (χ0) is 27.9. The van der Waals surface area contributed by atoms with Crippen molar-refractivity contribution in [2.75, 3.05) is 20.8 Å². The van der Waals surface area contributed by atoms with Crippen LogP contribution in [0.15, 0.2) is 102 Å². The maximum Gasteiger partial charge on any atom is 0.277 e. The van der Waals surface area contributed by atoms with E-state index >= 15 is 0 Å². The first-order valence-electron chi connectivity index (χ1n) is 12.5. The van der Waals surface area contributed by atoms with Crippen LogP contribution in [0.2, 0.25) is 5.02 Å². The van der Waals surface area contributed by atoms with Crippen LogP contribution < -0.4 is 19.6 Å². The van der Waals surface area contributed by atoms with E-state index in [1.54, 1.807) is 32.4 Å². The molecule has 7 nitrogen and oxygen atoms in total. The summed E-state index contributed by atoms with van der Waals surface area (Å²) < 4.78 is 16.2. The summed E-state index contributed by atoms with van der Waals surface area (Å²) in [7, 11) is 3.13. The Morgan fingerprint density at radius 3 is 2.40 bits per heavy atom. The minimum atomic E-state index is -0.393. The van der Waals surface area contributed by atoms with Crippen molar-refractivity contribution in [2.45, 2.75) is 0 Å². The number of halogens is 1. The highest BCUT2D eigenvalue weighted by Crippen LogP contribution is 2.34. The van der Waals surface area contributed by atoms with Gasteiger partial charge in [-0.1, -0.05) is 41.9 Å². The SMILES string of the molecule is COc1ccc(C=NNC(=O)COc2ccc(-c3cc(-c4ccccc4)c4cc(Cl)ccc4n3)cc2)c(OC)c1. The number of nitrogens with one attached hydrogen (secondary N) is 1. The highest BCUT2D eigenvalue weighted by molar-refractivity contribution is 6.31. The Labute approximate surface area is 237 Å². The molecule has 0 fully saturated rings. The fraction of sp³-hybridized carbons (Fsp3) is 0.0938. The lowest BCUT2D eigenvalue weighted by Crippen LogP contribution is -2.24. The van der Waals surface area contributed by atoms with E-state index < -0.39 is 5.91 Å². The lowest BCUT2D eigenvalue weighted by molar-refractivity contribution is -0.123. The number of hydrogen-bond acceptors (Lipinski definition) is 6. The Balaban J connectivity index is 1.26. The molecule has 1 aromatic heterocycles. The molecule has 0 atom stereocenters. The van der Waals surface area contributed by atoms with Crippen molar-refractivity contribution in [3.8, 4) is 39.6 Å². The second-order valence-electron chi connectivity index (χ2n) is 8.80. The third-order valence-corrected chi connectivity index (χ3v) is 6.44. The van der Waals surface area contributed by atoms with Crippen molar-refractivity contribution < 1.29 is 19.0 Å². The van der Waals surface area contributed by atoms with Crippen LogP contribution in [0.4, 0.5) is 0 Å². The molecule has 0 aliphatic carbocycles. The second-order valence-corrected chi connectivity index (χ2v) is 9.23. The number of carbonyl (C=O) groups excluding carboxylic acids is 1. The zero-order valence-electron chi connectivity index (χ0n) is 21.9. The monoisotopic (exact) mass is 551 g/mol. The van der Waals surface area contributed by atoms with Crippen LogP contribution in [0.1, 0.15) is 5.56 Å². The van der Waals surface area contributed by atoms with Crippen molar-refractivity contribution in [1.82, 2.24) is 10.4 Å². The Morgan fingerprint density at radius 1 is 0.875 bits per heavy atom. The van der Waals surface area contributed by atoms with Crippen LogP contribution in [-0.2, 0) is 4.79 Å². The van der Waals surface area contributed by atoms with Gasteiger partial charge in [0.15, 0.2) is 6.61 Å². The molecule has 1 amide bonds. The van der Waals surface area contributed by atoms with Crippen molar-refractivity contribution >= 4 is 34.6 Å². The normalized spacial score (nSPS) is 11.0. The molecular weight excluding hydrogens is 526 g/mol. The van der Waals surface area contributed by atoms with E-state index in [0.29, 0.717) is 27.8 Å². The number of pyridine rings is 1. The molecule has 40 heavy (non-hydrogen) atoms. The van der Waals surface area contributed by atoms with Crippen LogP contribution in [0.3, 0.4) is 0 Å². The predicted molar refractivity (Wildman–Crippen MR) is 158 cm³/mol. The summed E-state index contributed by atoms with van der Waals surface area (Å²) in [6.45, 7) is -0.191. The van der Waals surface area contributed by atoms with E-state index in [2.05, 4.69) is 28.7 Å². The van der Waals surface area contributed by atoms with Crippen LogP contribution in [0.5, 0.6) is 17.2 Å². The lowest BCUT2D eigenvalue weighted by Gasteiger charge is -2.11. The van der Waals surface area contributed by atoms with Gasteiger partial charge >= 0.3 is 0 Å². The summed E-state index contributed by atoms with van der Waals surface area (Å²) in [5, 5.41) is 5.64. The molecular formula is C32H26ClN3O4. The van der Waals surface area contributed by atoms with Gasteiger partial charge in [-0.25, -0.2) is 10.4 Å². The number of rotatable bonds is 9. The molecule has 0 radical (unpaired) electrons. The van der Waals surface area contributed by atoms with Gasteiger partial charge in [-0.2, -0.15) is 5.10 Å². The number of ether oxygens (including phenoxy) is 3. The topological polar surface area (TPSA) is 82.0 Å². The predicted octanol–water partition coefficient (Wildman–Crippen LogP) is 6.77. The van der Waals surface area contributed by atoms with Gasteiger partial charge in [0.2, 0.25) is 0 Å². The smallest absolute Gasteiger partial charge is 0.277 e. The summed E-state index contributed by atoms with van der Waals surface area (Å²) in [6, 6.07) is 30.7. The van der Waals surface area contributed by atoms with E-state index in [-0.39, 0.29) is 6.61 Å². The lowest BCUT2D eigenvalue weighted by atomic mass is 9.98. The third kappa shape index (κ3) is 6.22. The maximum atomic E-state index is 12.3. The average Bonchev–Trinajstić information content (AvgIpc) is 3.00. The van der Waals surface area contributed by atoms with E-state index in [4.69, 9.17) is 30.8 Å². The van der Waals surface area contributed by atoms with Gasteiger partial charge in [-0.3, -0.25) is 4.79 Å². The summed E-state index contributed by atoms with van der Waals surface area (Å²) in [4.78, 5) is 17.1. The Morgan fingerprint density at radius 2 is 1.65 bits per heavy atom. The molecule has 1 N–H and O–H groups in total. The molecule has 5 rings (SSSR count). The van der Waals surface area contributed by atoms with Crippen LogP contribution in [0, 0.1) is 0 Å². The molecule has 0 saturated heterocycles. The Bertz CT molecular complexity index is 1670. The van der Waals surface area contributed by atoms with Gasteiger partial charge in [0, 0.05) is 27.6 Å². The first kappa shape index (κ1) is 26.7. The van der Waals surface area contributed by atoms with Crippen molar-refractivity contribution in [3.63, 3.8) is 0 Å². The van der Waals surface area contributed by atoms with Crippen LogP contribution >= 0.6 is 11.6 Å². The fourth-order valence-electron chi connectivity index (χ4n) is 4.20. The largest absolute Gasteiger partial charge is 0.497 e. The standard InChI is InChI=1S/C32H26ClN3O4/c1-38-26-14-10-23(31(17-26)39-2)19-34-36-32(37)20-40-25-12-8-22(9-13-25)30-18-27(21-6-4-3-5-7-21)28-16-24(33)11-15-29(28)35-30/h3-19H,20H2,1-2H3,(H,36,37). The molecule has 5 aromatic rings. The number of amides is 1. The van der Waals surface area contributed by atoms with Crippen molar-refractivity contribution in [1.29, 1.82) is 0 Å². The quantitative estimate of drug-likeness (QED) is 0.161. The summed E-state index contributed by atoms with van der Waals surface area (Å²) >= 11 is 6.30. The number of benzene rings is 4. The Hall–Kier alpha value is -4.88. The minimum absolute atomic E-state index is 0.191. The number of methoxy groups -OCH3 is 2. The molecule has 0 aliphatic rings. The van der Waals surface area contributed by atoms with Gasteiger partial charge in [0.05, 0.1) is 31.6 Å². The van der Waals surface area contributed by atoms with Crippen LogP contribution in [-0.4, -0.2) is 37.9 Å². The van der Waals surface area contributed by atoms with Crippen LogP contribution in [0.25, 0.3) is 33.3 Å². The summed E-state index contributed by atoms with van der Waals surface area (Å²) in [5.74, 6) is 1.40. The molecule has 0 bridgehead atoms. The summed E-state index contributed by atoms with van der Waals surface area (Å²) in [6.07, 6.45) is 1.50. The van der Waals surface area contributed by atoms with Crippen molar-refractivity contribution in [3.05, 3.63) is 108 Å². The second kappa shape index (κ2) is 12.3. The van der Waals surface area contributed by atoms with E-state index in [1.807, 2.05) is 60.7 Å². The number of carbonyl (C=O) groups is 1. The summed E-state index contributed by atoms with van der Waals surface area (Å²) in [5.41, 5.74) is 7.88. The van der Waals surface area contributed by atoms with Gasteiger partial charge in [0.25, 0.3) is 5.91 Å². The van der Waals surface area contributed by atoms with Gasteiger partial charge in [-0.05, 0) is 71.8 Å². The van der Waals surface area contributed by atoms with Gasteiger partial charge in [0.1, 0.15) is 17.2 Å². The van der Waals surface area contributed by atoms with Gasteiger partial charge < -0.3 is 14.2 Å². The number of nitrogens with zero attached hydrogens (tertiary/aromatic N) is 2. The van der Waals surface area contributed by atoms with Crippen molar-refractivity contribution in [2.24, 2.45) is 5.10 Å². The molecule has 4 aromatic carbocycles. The molecule has 0 unspecified atom stereocenters. The number of aromatic nitrogens is 1. The van der Waals surface area contributed by atoms with E-state index in [9.17, 15) is 4.79 Å². The van der Waals surface area contributed by atoms with Gasteiger partial charge in [-0.15, -0.1) is 0 Å². The number of hydrazone groups is 1.